The fourth-order valence-corrected chi connectivity index (χ4v) is 1.82. The van der Waals surface area contributed by atoms with Gasteiger partial charge in [0.15, 0.2) is 11.5 Å². The second kappa shape index (κ2) is 5.91. The van der Waals surface area contributed by atoms with Gasteiger partial charge in [-0.25, -0.2) is 0 Å². The van der Waals surface area contributed by atoms with E-state index in [4.69, 9.17) is 9.47 Å². The summed E-state index contributed by atoms with van der Waals surface area (Å²) < 4.78 is 11.0. The van der Waals surface area contributed by atoms with E-state index in [-0.39, 0.29) is 12.5 Å². The largest absolute Gasteiger partial charge is 0.485 e. The van der Waals surface area contributed by atoms with Crippen LogP contribution in [0.2, 0.25) is 0 Å². The van der Waals surface area contributed by atoms with Gasteiger partial charge in [-0.2, -0.15) is 0 Å². The average Bonchev–Trinajstić information content (AvgIpc) is 2.38. The van der Waals surface area contributed by atoms with Crippen LogP contribution in [0.1, 0.15) is 6.42 Å². The number of halogens is 1. The molecule has 0 fully saturated rings. The van der Waals surface area contributed by atoms with Gasteiger partial charge in [0.05, 0.1) is 0 Å². The molecule has 1 aromatic carbocycles. The molecule has 0 aliphatic carbocycles. The predicted octanol–water partition coefficient (Wildman–Crippen LogP) is 1.73. The fraction of sp³-hybridized carbons (Fsp3) is 0.417. The molecule has 17 heavy (non-hydrogen) atoms. The van der Waals surface area contributed by atoms with Crippen molar-refractivity contribution in [2.75, 3.05) is 18.5 Å². The van der Waals surface area contributed by atoms with Crippen LogP contribution < -0.4 is 14.8 Å². The second-order valence-corrected chi connectivity index (χ2v) is 4.49. The molecule has 0 radical (unpaired) electrons. The molecule has 0 aromatic heterocycles. The molecule has 0 bridgehead atoms. The van der Waals surface area contributed by atoms with Gasteiger partial charge in [-0.1, -0.05) is 28.1 Å². The second-order valence-electron chi connectivity index (χ2n) is 3.70. The highest BCUT2D eigenvalue weighted by Gasteiger charge is 2.26. The maximum absolute atomic E-state index is 11.8. The summed E-state index contributed by atoms with van der Waals surface area (Å²) in [5.41, 5.74) is 0. The molecule has 1 N–H and O–H groups in total. The first-order valence-electron chi connectivity index (χ1n) is 5.53. The minimum atomic E-state index is -0.555. The van der Waals surface area contributed by atoms with E-state index in [1.54, 1.807) is 6.07 Å². The van der Waals surface area contributed by atoms with Crippen molar-refractivity contribution < 1.29 is 14.3 Å². The monoisotopic (exact) mass is 299 g/mol. The van der Waals surface area contributed by atoms with Crippen molar-refractivity contribution in [2.45, 2.75) is 12.5 Å². The van der Waals surface area contributed by atoms with Crippen molar-refractivity contribution >= 4 is 21.8 Å². The molecular weight excluding hydrogens is 286 g/mol. The fourth-order valence-electron chi connectivity index (χ4n) is 1.54. The van der Waals surface area contributed by atoms with Crippen LogP contribution in [0.15, 0.2) is 24.3 Å². The normalized spacial score (nSPS) is 17.6. The van der Waals surface area contributed by atoms with Crippen molar-refractivity contribution in [2.24, 2.45) is 0 Å². The number of ether oxygens (including phenoxy) is 2. The van der Waals surface area contributed by atoms with Gasteiger partial charge in [0.2, 0.25) is 6.10 Å². The van der Waals surface area contributed by atoms with Gasteiger partial charge >= 0.3 is 0 Å². The van der Waals surface area contributed by atoms with E-state index < -0.39 is 6.10 Å². The Hall–Kier alpha value is -1.23. The first-order chi connectivity index (χ1) is 8.31. The summed E-state index contributed by atoms with van der Waals surface area (Å²) in [6, 6.07) is 7.35. The molecule has 1 atom stereocenters. The average molecular weight is 300 g/mol. The molecule has 1 aliphatic rings. The van der Waals surface area contributed by atoms with Gasteiger partial charge in [0, 0.05) is 11.9 Å². The third-order valence-electron chi connectivity index (χ3n) is 2.41. The minimum Gasteiger partial charge on any atom is -0.485 e. The van der Waals surface area contributed by atoms with Crippen LogP contribution in [-0.4, -0.2) is 30.5 Å². The molecular formula is C12H14BrNO3. The smallest absolute Gasteiger partial charge is 0.264 e. The lowest BCUT2D eigenvalue weighted by Gasteiger charge is -2.25. The standard InChI is InChI=1S/C12H14BrNO3/c13-6-3-7-14-12(15)11-8-16-9-4-1-2-5-10(9)17-11/h1-2,4-5,11H,3,6-8H2,(H,14,15). The molecule has 0 saturated carbocycles. The highest BCUT2D eigenvalue weighted by atomic mass is 79.9. The third-order valence-corrected chi connectivity index (χ3v) is 2.97. The molecule has 1 heterocycles. The molecule has 4 nitrogen and oxygen atoms in total. The number of amides is 1. The maximum Gasteiger partial charge on any atom is 0.264 e. The van der Waals surface area contributed by atoms with Gasteiger partial charge in [-0.3, -0.25) is 4.79 Å². The Bertz CT molecular complexity index is 397. The van der Waals surface area contributed by atoms with Crippen molar-refractivity contribution in [1.29, 1.82) is 0 Å². The molecule has 0 saturated heterocycles. The highest BCUT2D eigenvalue weighted by Crippen LogP contribution is 2.30. The van der Waals surface area contributed by atoms with Crippen LogP contribution in [0.3, 0.4) is 0 Å². The summed E-state index contributed by atoms with van der Waals surface area (Å²) >= 11 is 3.31. The Morgan fingerprint density at radius 3 is 2.94 bits per heavy atom. The minimum absolute atomic E-state index is 0.125. The van der Waals surface area contributed by atoms with Crippen molar-refractivity contribution in [3.8, 4) is 11.5 Å². The van der Waals surface area contributed by atoms with Crippen LogP contribution in [0, 0.1) is 0 Å². The Labute approximate surface area is 108 Å². The lowest BCUT2D eigenvalue weighted by molar-refractivity contribution is -0.130. The van der Waals surface area contributed by atoms with Crippen molar-refractivity contribution in [3.05, 3.63) is 24.3 Å². The summed E-state index contributed by atoms with van der Waals surface area (Å²) in [5.74, 6) is 1.19. The van der Waals surface area contributed by atoms with Crippen LogP contribution >= 0.6 is 15.9 Å². The molecule has 92 valence electrons. The lowest BCUT2D eigenvalue weighted by Crippen LogP contribution is -2.44. The van der Waals surface area contributed by atoms with E-state index in [1.807, 2.05) is 18.2 Å². The Kier molecular flexibility index (Phi) is 4.25. The number of carbonyl (C=O) groups is 1. The van der Waals surface area contributed by atoms with Gasteiger partial charge < -0.3 is 14.8 Å². The number of rotatable bonds is 4. The van der Waals surface area contributed by atoms with E-state index in [1.165, 1.54) is 0 Å². The van der Waals surface area contributed by atoms with E-state index >= 15 is 0 Å². The predicted molar refractivity (Wildman–Crippen MR) is 67.8 cm³/mol. The Morgan fingerprint density at radius 1 is 1.41 bits per heavy atom. The van der Waals surface area contributed by atoms with Gasteiger partial charge in [0.1, 0.15) is 6.61 Å². The number of fused-ring (bicyclic) bond motifs is 1. The van der Waals surface area contributed by atoms with E-state index in [2.05, 4.69) is 21.2 Å². The number of nitrogens with one attached hydrogen (secondary N) is 1. The van der Waals surface area contributed by atoms with Gasteiger partial charge in [-0.05, 0) is 18.6 Å². The summed E-state index contributed by atoms with van der Waals surface area (Å²) in [5, 5.41) is 3.68. The zero-order chi connectivity index (χ0) is 12.1. The molecule has 1 aliphatic heterocycles. The number of hydrogen-bond acceptors (Lipinski definition) is 3. The van der Waals surface area contributed by atoms with E-state index in [0.717, 1.165) is 11.8 Å². The third kappa shape index (κ3) is 3.12. The summed E-state index contributed by atoms with van der Waals surface area (Å²) in [4.78, 5) is 11.8. The van der Waals surface area contributed by atoms with Gasteiger partial charge in [-0.15, -0.1) is 0 Å². The summed E-state index contributed by atoms with van der Waals surface area (Å²) in [6.45, 7) is 0.906. The lowest BCUT2D eigenvalue weighted by atomic mass is 10.2. The molecule has 5 heteroatoms. The maximum atomic E-state index is 11.8. The van der Waals surface area contributed by atoms with Crippen LogP contribution in [0.25, 0.3) is 0 Å². The Morgan fingerprint density at radius 2 is 2.18 bits per heavy atom. The van der Waals surface area contributed by atoms with Crippen molar-refractivity contribution in [3.63, 3.8) is 0 Å². The number of alkyl halides is 1. The number of hydrogen-bond donors (Lipinski definition) is 1. The number of carbonyl (C=O) groups excluding carboxylic acids is 1. The van der Waals surface area contributed by atoms with Crippen molar-refractivity contribution in [1.82, 2.24) is 5.32 Å². The quantitative estimate of drug-likeness (QED) is 0.680. The SMILES string of the molecule is O=C(NCCCBr)C1COc2ccccc2O1. The van der Waals surface area contributed by atoms with E-state index in [9.17, 15) is 4.79 Å². The van der Waals surface area contributed by atoms with E-state index in [0.29, 0.717) is 18.0 Å². The van der Waals surface area contributed by atoms with Crippen LogP contribution in [-0.2, 0) is 4.79 Å². The summed E-state index contributed by atoms with van der Waals surface area (Å²) in [6.07, 6.45) is 0.343. The molecule has 1 aromatic rings. The molecule has 0 spiro atoms. The molecule has 1 unspecified atom stereocenters. The zero-order valence-corrected chi connectivity index (χ0v) is 10.9. The van der Waals surface area contributed by atoms with Gasteiger partial charge in [0.25, 0.3) is 5.91 Å². The number of benzene rings is 1. The topological polar surface area (TPSA) is 47.6 Å². The highest BCUT2D eigenvalue weighted by molar-refractivity contribution is 9.09. The first kappa shape index (κ1) is 12.2. The zero-order valence-electron chi connectivity index (χ0n) is 9.32. The van der Waals surface area contributed by atoms with Crippen LogP contribution in [0.5, 0.6) is 11.5 Å². The first-order valence-corrected chi connectivity index (χ1v) is 6.65. The Balaban J connectivity index is 1.91. The summed E-state index contributed by atoms with van der Waals surface area (Å²) in [7, 11) is 0. The number of para-hydroxylation sites is 2. The van der Waals surface area contributed by atoms with Crippen LogP contribution in [0.4, 0.5) is 0 Å². The molecule has 2 rings (SSSR count). The molecule has 1 amide bonds.